The zero-order valence-corrected chi connectivity index (χ0v) is 15.7. The standard InChI is InChI=1S/C18H20BF3N4O2/c1-24-10-14(19)16(23-24)17(28)26-8-6-25(7-9-26)11-15(27)12-2-4-13(5-3-12)18(20,21)22/h2-5,10H,6-9,11,19H2,1H3. The fourth-order valence-corrected chi connectivity index (χ4v) is 3.22. The quantitative estimate of drug-likeness (QED) is 0.556. The van der Waals surface area contributed by atoms with E-state index in [1.54, 1.807) is 22.8 Å². The predicted molar refractivity (Wildman–Crippen MR) is 99.5 cm³/mol. The number of nitrogens with zero attached hydrogens (tertiary/aromatic N) is 4. The molecule has 0 spiro atoms. The minimum absolute atomic E-state index is 0.107. The molecule has 0 radical (unpaired) electrons. The molecule has 2 aromatic rings. The van der Waals surface area contributed by atoms with Crippen LogP contribution in [0.25, 0.3) is 0 Å². The molecule has 2 heterocycles. The van der Waals surface area contributed by atoms with Gasteiger partial charge in [-0.3, -0.25) is 19.2 Å². The number of hydrogen-bond donors (Lipinski definition) is 0. The van der Waals surface area contributed by atoms with Crippen molar-refractivity contribution in [2.45, 2.75) is 6.18 Å². The molecule has 28 heavy (non-hydrogen) atoms. The van der Waals surface area contributed by atoms with Gasteiger partial charge < -0.3 is 4.90 Å². The largest absolute Gasteiger partial charge is 0.416 e. The summed E-state index contributed by atoms with van der Waals surface area (Å²) in [4.78, 5) is 28.5. The third kappa shape index (κ3) is 4.44. The number of halogens is 3. The molecule has 1 aliphatic heterocycles. The van der Waals surface area contributed by atoms with Crippen LogP contribution in [0.5, 0.6) is 0 Å². The zero-order valence-electron chi connectivity index (χ0n) is 15.7. The van der Waals surface area contributed by atoms with Gasteiger partial charge in [-0.25, -0.2) is 0 Å². The molecule has 1 fully saturated rings. The molecular formula is C18H20BF3N4O2. The van der Waals surface area contributed by atoms with Crippen LogP contribution >= 0.6 is 0 Å². The van der Waals surface area contributed by atoms with Crippen LogP contribution in [0, 0.1) is 0 Å². The van der Waals surface area contributed by atoms with Crippen LogP contribution in [0.1, 0.15) is 26.4 Å². The van der Waals surface area contributed by atoms with E-state index in [1.165, 1.54) is 12.1 Å². The molecular weight excluding hydrogens is 372 g/mol. The van der Waals surface area contributed by atoms with Gasteiger partial charge in [-0.05, 0) is 17.6 Å². The van der Waals surface area contributed by atoms with E-state index in [1.807, 2.05) is 12.7 Å². The molecule has 0 N–H and O–H groups in total. The van der Waals surface area contributed by atoms with Crippen molar-refractivity contribution in [2.75, 3.05) is 32.7 Å². The van der Waals surface area contributed by atoms with Gasteiger partial charge in [0.1, 0.15) is 13.5 Å². The lowest BCUT2D eigenvalue weighted by atomic mass is 9.96. The summed E-state index contributed by atoms with van der Waals surface area (Å²) >= 11 is 0. The van der Waals surface area contributed by atoms with Gasteiger partial charge >= 0.3 is 6.18 Å². The topological polar surface area (TPSA) is 58.4 Å². The first-order valence-corrected chi connectivity index (χ1v) is 8.87. The van der Waals surface area contributed by atoms with Gasteiger partial charge in [0.05, 0.1) is 12.1 Å². The minimum atomic E-state index is -4.42. The van der Waals surface area contributed by atoms with Crippen LogP contribution in [0.4, 0.5) is 13.2 Å². The number of aromatic nitrogens is 2. The van der Waals surface area contributed by atoms with Crippen molar-refractivity contribution in [1.82, 2.24) is 19.6 Å². The molecule has 1 amide bonds. The average Bonchev–Trinajstić information content (AvgIpc) is 2.99. The van der Waals surface area contributed by atoms with Crippen molar-refractivity contribution in [3.63, 3.8) is 0 Å². The third-order valence-corrected chi connectivity index (χ3v) is 4.78. The van der Waals surface area contributed by atoms with Crippen molar-refractivity contribution in [2.24, 2.45) is 7.05 Å². The Hall–Kier alpha value is -2.62. The normalized spacial score (nSPS) is 15.6. The van der Waals surface area contributed by atoms with E-state index >= 15 is 0 Å². The molecule has 6 nitrogen and oxygen atoms in total. The second kappa shape index (κ2) is 7.79. The molecule has 1 aromatic carbocycles. The number of amides is 1. The molecule has 1 aliphatic rings. The van der Waals surface area contributed by atoms with Crippen LogP contribution in [-0.2, 0) is 13.2 Å². The molecule has 148 valence electrons. The third-order valence-electron chi connectivity index (χ3n) is 4.78. The predicted octanol–water partition coefficient (Wildman–Crippen LogP) is 0.338. The maximum absolute atomic E-state index is 12.6. The second-order valence-electron chi connectivity index (χ2n) is 6.90. The highest BCUT2D eigenvalue weighted by molar-refractivity contribution is 6.36. The number of carbonyl (C=O) groups is 2. The molecule has 3 rings (SSSR count). The van der Waals surface area contributed by atoms with E-state index in [4.69, 9.17) is 0 Å². The van der Waals surface area contributed by atoms with Crippen molar-refractivity contribution < 1.29 is 22.8 Å². The Kier molecular flexibility index (Phi) is 5.60. The Labute approximate surface area is 161 Å². The Morgan fingerprint density at radius 2 is 1.71 bits per heavy atom. The van der Waals surface area contributed by atoms with Gasteiger partial charge in [-0.15, -0.1) is 0 Å². The number of piperazine rings is 1. The molecule has 0 saturated carbocycles. The number of hydrogen-bond acceptors (Lipinski definition) is 4. The number of alkyl halides is 3. The van der Waals surface area contributed by atoms with Crippen LogP contribution < -0.4 is 5.46 Å². The van der Waals surface area contributed by atoms with E-state index in [9.17, 15) is 22.8 Å². The Balaban J connectivity index is 1.54. The highest BCUT2D eigenvalue weighted by Crippen LogP contribution is 2.29. The zero-order chi connectivity index (χ0) is 20.5. The second-order valence-corrected chi connectivity index (χ2v) is 6.90. The first kappa shape index (κ1) is 20.1. The van der Waals surface area contributed by atoms with Crippen molar-refractivity contribution in [1.29, 1.82) is 0 Å². The summed E-state index contributed by atoms with van der Waals surface area (Å²) in [5, 5.41) is 4.19. The first-order valence-electron chi connectivity index (χ1n) is 8.87. The fourth-order valence-electron chi connectivity index (χ4n) is 3.22. The molecule has 0 unspecified atom stereocenters. The van der Waals surface area contributed by atoms with Gasteiger partial charge in [0, 0.05) is 45.0 Å². The van der Waals surface area contributed by atoms with E-state index in [-0.39, 0.29) is 23.8 Å². The molecule has 0 bridgehead atoms. The molecule has 1 aromatic heterocycles. The molecule has 0 aliphatic carbocycles. The summed E-state index contributed by atoms with van der Waals surface area (Å²) in [6, 6.07) is 4.24. The van der Waals surface area contributed by atoms with Gasteiger partial charge in [0.2, 0.25) is 0 Å². The van der Waals surface area contributed by atoms with Crippen molar-refractivity contribution in [3.05, 3.63) is 47.3 Å². The lowest BCUT2D eigenvalue weighted by Crippen LogP contribution is -2.50. The molecule has 1 saturated heterocycles. The lowest BCUT2D eigenvalue weighted by Gasteiger charge is -2.34. The maximum Gasteiger partial charge on any atom is 0.416 e. The van der Waals surface area contributed by atoms with E-state index in [0.29, 0.717) is 31.9 Å². The average molecular weight is 392 g/mol. The number of rotatable bonds is 4. The molecule has 10 heteroatoms. The maximum atomic E-state index is 12.6. The van der Waals surface area contributed by atoms with Gasteiger partial charge in [0.15, 0.2) is 5.78 Å². The summed E-state index contributed by atoms with van der Waals surface area (Å²) in [7, 11) is 3.59. The summed E-state index contributed by atoms with van der Waals surface area (Å²) in [5.41, 5.74) is 0.709. The van der Waals surface area contributed by atoms with Crippen LogP contribution in [0.2, 0.25) is 0 Å². The van der Waals surface area contributed by atoms with E-state index in [2.05, 4.69) is 5.10 Å². The number of carbonyl (C=O) groups excluding carboxylic acids is 2. The van der Waals surface area contributed by atoms with E-state index in [0.717, 1.165) is 17.6 Å². The van der Waals surface area contributed by atoms with Crippen molar-refractivity contribution in [3.8, 4) is 0 Å². The molecule has 0 atom stereocenters. The highest BCUT2D eigenvalue weighted by atomic mass is 19.4. The number of benzene rings is 1. The van der Waals surface area contributed by atoms with Crippen LogP contribution in [0.3, 0.4) is 0 Å². The summed E-state index contributed by atoms with van der Waals surface area (Å²) in [6.45, 7) is 2.08. The smallest absolute Gasteiger partial charge is 0.335 e. The summed E-state index contributed by atoms with van der Waals surface area (Å²) in [5.74, 6) is -0.374. The Morgan fingerprint density at radius 1 is 1.11 bits per heavy atom. The highest BCUT2D eigenvalue weighted by Gasteiger charge is 2.30. The summed E-state index contributed by atoms with van der Waals surface area (Å²) < 4.78 is 39.4. The Bertz CT molecular complexity index is 872. The Morgan fingerprint density at radius 3 is 2.21 bits per heavy atom. The van der Waals surface area contributed by atoms with Gasteiger partial charge in [-0.1, -0.05) is 12.1 Å². The lowest BCUT2D eigenvalue weighted by molar-refractivity contribution is -0.137. The monoisotopic (exact) mass is 392 g/mol. The number of aryl methyl sites for hydroxylation is 1. The van der Waals surface area contributed by atoms with Crippen LogP contribution in [-0.4, -0.2) is 71.8 Å². The number of ketones is 1. The van der Waals surface area contributed by atoms with Gasteiger partial charge in [-0.2, -0.15) is 18.3 Å². The summed E-state index contributed by atoms with van der Waals surface area (Å²) in [6.07, 6.45) is -2.64. The minimum Gasteiger partial charge on any atom is -0.335 e. The first-order chi connectivity index (χ1) is 13.1. The van der Waals surface area contributed by atoms with Crippen LogP contribution in [0.15, 0.2) is 30.5 Å². The van der Waals surface area contributed by atoms with Gasteiger partial charge in [0.25, 0.3) is 5.91 Å². The van der Waals surface area contributed by atoms with E-state index < -0.39 is 11.7 Å². The fraction of sp³-hybridized carbons (Fsp3) is 0.389. The SMILES string of the molecule is Bc1cn(C)nc1C(=O)N1CCN(CC(=O)c2ccc(C(F)(F)F)cc2)CC1. The number of Topliss-reactive ketones (excluding diaryl/α,β-unsaturated/α-hetero) is 1. The van der Waals surface area contributed by atoms with Crippen molar-refractivity contribution >= 4 is 25.0 Å².